The first kappa shape index (κ1) is 12.5. The van der Waals surface area contributed by atoms with Gasteiger partial charge in [0.25, 0.3) is 0 Å². The minimum atomic E-state index is 0.221. The monoisotopic (exact) mass is 246 g/mol. The molecule has 1 atom stereocenters. The summed E-state index contributed by atoms with van der Waals surface area (Å²) < 4.78 is 1.68. The predicted octanol–water partition coefficient (Wildman–Crippen LogP) is 1.20. The number of anilines is 1. The van der Waals surface area contributed by atoms with Gasteiger partial charge in [0.15, 0.2) is 0 Å². The van der Waals surface area contributed by atoms with Crippen LogP contribution in [0, 0.1) is 0 Å². The molecule has 1 unspecified atom stereocenters. The Morgan fingerprint density at radius 3 is 2.83 bits per heavy atom. The quantitative estimate of drug-likeness (QED) is 0.800. The summed E-state index contributed by atoms with van der Waals surface area (Å²) in [5.74, 6) is 0.643. The summed E-state index contributed by atoms with van der Waals surface area (Å²) in [5, 5.41) is 14.8. The molecule has 0 bridgehead atoms. The maximum atomic E-state index is 5.86. The van der Waals surface area contributed by atoms with Crippen LogP contribution >= 0.6 is 0 Å². The Morgan fingerprint density at radius 1 is 1.33 bits per heavy atom. The standard InChI is InChI=1S/C12H18N6/c1-2-10(13)8-9-14-12-15-16-17-18(12)11-6-4-3-5-7-11/h3-7,10H,2,8-9,13H2,1H3,(H,14,15,17). The molecule has 1 aromatic carbocycles. The van der Waals surface area contributed by atoms with Crippen molar-refractivity contribution < 1.29 is 0 Å². The summed E-state index contributed by atoms with van der Waals surface area (Å²) in [6.07, 6.45) is 1.88. The molecule has 18 heavy (non-hydrogen) atoms. The first-order valence-electron chi connectivity index (χ1n) is 6.14. The van der Waals surface area contributed by atoms with Crippen LogP contribution in [0.3, 0.4) is 0 Å². The molecule has 0 radical (unpaired) electrons. The van der Waals surface area contributed by atoms with E-state index in [1.165, 1.54) is 0 Å². The van der Waals surface area contributed by atoms with E-state index in [1.54, 1.807) is 4.68 Å². The molecule has 0 saturated heterocycles. The van der Waals surface area contributed by atoms with Crippen LogP contribution in [0.1, 0.15) is 19.8 Å². The van der Waals surface area contributed by atoms with Crippen LogP contribution in [-0.4, -0.2) is 32.8 Å². The van der Waals surface area contributed by atoms with E-state index in [2.05, 4.69) is 27.8 Å². The van der Waals surface area contributed by atoms with E-state index in [0.717, 1.165) is 25.1 Å². The normalized spacial score (nSPS) is 12.3. The Bertz CT molecular complexity index is 466. The first-order valence-corrected chi connectivity index (χ1v) is 6.14. The van der Waals surface area contributed by atoms with Crippen LogP contribution < -0.4 is 11.1 Å². The molecule has 1 aromatic heterocycles. The van der Waals surface area contributed by atoms with Gasteiger partial charge in [0, 0.05) is 12.6 Å². The molecule has 6 heteroatoms. The molecular weight excluding hydrogens is 228 g/mol. The molecule has 0 aliphatic heterocycles. The minimum absolute atomic E-state index is 0.221. The van der Waals surface area contributed by atoms with Gasteiger partial charge < -0.3 is 11.1 Å². The second-order valence-corrected chi connectivity index (χ2v) is 4.13. The Balaban J connectivity index is 2.00. The molecule has 0 spiro atoms. The fourth-order valence-electron chi connectivity index (χ4n) is 1.61. The van der Waals surface area contributed by atoms with Crippen molar-refractivity contribution in [1.29, 1.82) is 0 Å². The highest BCUT2D eigenvalue weighted by Crippen LogP contribution is 2.10. The van der Waals surface area contributed by atoms with E-state index in [1.807, 2.05) is 30.3 Å². The van der Waals surface area contributed by atoms with Gasteiger partial charge >= 0.3 is 0 Å². The van der Waals surface area contributed by atoms with E-state index in [-0.39, 0.29) is 6.04 Å². The second kappa shape index (κ2) is 6.11. The Kier molecular flexibility index (Phi) is 4.25. The summed E-state index contributed by atoms with van der Waals surface area (Å²) in [6.45, 7) is 2.85. The Morgan fingerprint density at radius 2 is 2.11 bits per heavy atom. The number of benzene rings is 1. The highest BCUT2D eigenvalue weighted by Gasteiger charge is 2.07. The molecule has 3 N–H and O–H groups in total. The smallest absolute Gasteiger partial charge is 0.247 e. The van der Waals surface area contributed by atoms with Crippen molar-refractivity contribution in [3.8, 4) is 5.69 Å². The SMILES string of the molecule is CCC(N)CCNc1nnnn1-c1ccccc1. The molecule has 0 saturated carbocycles. The third-order valence-electron chi connectivity index (χ3n) is 2.79. The van der Waals surface area contributed by atoms with Crippen LogP contribution in [-0.2, 0) is 0 Å². The topological polar surface area (TPSA) is 81.7 Å². The van der Waals surface area contributed by atoms with Gasteiger partial charge in [-0.3, -0.25) is 0 Å². The van der Waals surface area contributed by atoms with Crippen LogP contribution in [0.25, 0.3) is 5.69 Å². The fraction of sp³-hybridized carbons (Fsp3) is 0.417. The lowest BCUT2D eigenvalue weighted by Gasteiger charge is -2.10. The molecule has 1 heterocycles. The molecule has 0 aliphatic carbocycles. The Labute approximate surface area is 106 Å². The minimum Gasteiger partial charge on any atom is -0.353 e. The molecule has 0 fully saturated rings. The fourth-order valence-corrected chi connectivity index (χ4v) is 1.61. The van der Waals surface area contributed by atoms with Gasteiger partial charge in [-0.25, -0.2) is 0 Å². The zero-order valence-corrected chi connectivity index (χ0v) is 10.5. The third kappa shape index (κ3) is 3.04. The van der Waals surface area contributed by atoms with E-state index >= 15 is 0 Å². The predicted molar refractivity (Wildman–Crippen MR) is 70.5 cm³/mol. The third-order valence-corrected chi connectivity index (χ3v) is 2.79. The van der Waals surface area contributed by atoms with Crippen molar-refractivity contribution in [3.63, 3.8) is 0 Å². The number of nitrogens with one attached hydrogen (secondary N) is 1. The number of hydrogen-bond acceptors (Lipinski definition) is 5. The lowest BCUT2D eigenvalue weighted by atomic mass is 10.2. The molecule has 2 aromatic rings. The average molecular weight is 246 g/mol. The number of rotatable bonds is 6. The van der Waals surface area contributed by atoms with Crippen LogP contribution in [0.2, 0.25) is 0 Å². The second-order valence-electron chi connectivity index (χ2n) is 4.13. The largest absolute Gasteiger partial charge is 0.353 e. The maximum Gasteiger partial charge on any atom is 0.247 e. The lowest BCUT2D eigenvalue weighted by molar-refractivity contribution is 0.611. The molecule has 0 amide bonds. The number of hydrogen-bond donors (Lipinski definition) is 2. The number of para-hydroxylation sites is 1. The molecular formula is C12H18N6. The molecule has 96 valence electrons. The summed E-state index contributed by atoms with van der Waals surface area (Å²) in [4.78, 5) is 0. The van der Waals surface area contributed by atoms with Crippen molar-refractivity contribution in [1.82, 2.24) is 20.2 Å². The zero-order chi connectivity index (χ0) is 12.8. The van der Waals surface area contributed by atoms with Crippen molar-refractivity contribution >= 4 is 5.95 Å². The summed E-state index contributed by atoms with van der Waals surface area (Å²) >= 11 is 0. The Hall–Kier alpha value is -1.95. The van der Waals surface area contributed by atoms with Gasteiger partial charge in [-0.2, -0.15) is 4.68 Å². The van der Waals surface area contributed by atoms with E-state index < -0.39 is 0 Å². The highest BCUT2D eigenvalue weighted by atomic mass is 15.6. The highest BCUT2D eigenvalue weighted by molar-refractivity contribution is 5.38. The molecule has 2 rings (SSSR count). The summed E-state index contributed by atoms with van der Waals surface area (Å²) in [6, 6.07) is 10.0. The molecule has 0 aliphatic rings. The van der Waals surface area contributed by atoms with Gasteiger partial charge in [0.2, 0.25) is 5.95 Å². The summed E-state index contributed by atoms with van der Waals surface area (Å²) in [7, 11) is 0. The van der Waals surface area contributed by atoms with Gasteiger partial charge in [-0.15, -0.1) is 0 Å². The van der Waals surface area contributed by atoms with Crippen molar-refractivity contribution in [2.75, 3.05) is 11.9 Å². The zero-order valence-electron chi connectivity index (χ0n) is 10.5. The van der Waals surface area contributed by atoms with Crippen LogP contribution in [0.15, 0.2) is 30.3 Å². The van der Waals surface area contributed by atoms with Crippen molar-refractivity contribution in [2.24, 2.45) is 5.73 Å². The van der Waals surface area contributed by atoms with E-state index in [0.29, 0.717) is 5.95 Å². The summed E-state index contributed by atoms with van der Waals surface area (Å²) in [5.41, 5.74) is 6.80. The lowest BCUT2D eigenvalue weighted by Crippen LogP contribution is -2.22. The first-order chi connectivity index (χ1) is 8.81. The number of nitrogens with two attached hydrogens (primary N) is 1. The maximum absolute atomic E-state index is 5.86. The molecule has 6 nitrogen and oxygen atoms in total. The van der Waals surface area contributed by atoms with Gasteiger partial charge in [0.1, 0.15) is 0 Å². The number of aromatic nitrogens is 4. The van der Waals surface area contributed by atoms with Gasteiger partial charge in [0.05, 0.1) is 5.69 Å². The average Bonchev–Trinajstić information content (AvgIpc) is 2.88. The van der Waals surface area contributed by atoms with Gasteiger partial charge in [-0.1, -0.05) is 30.2 Å². The van der Waals surface area contributed by atoms with E-state index in [4.69, 9.17) is 5.73 Å². The van der Waals surface area contributed by atoms with Crippen LogP contribution in [0.4, 0.5) is 5.95 Å². The van der Waals surface area contributed by atoms with Crippen molar-refractivity contribution in [3.05, 3.63) is 30.3 Å². The van der Waals surface area contributed by atoms with E-state index in [9.17, 15) is 0 Å². The van der Waals surface area contributed by atoms with Gasteiger partial charge in [-0.05, 0) is 35.4 Å². The number of nitrogens with zero attached hydrogens (tertiary/aromatic N) is 4. The van der Waals surface area contributed by atoms with Crippen molar-refractivity contribution in [2.45, 2.75) is 25.8 Å². The number of tetrazole rings is 1. The van der Waals surface area contributed by atoms with Crippen LogP contribution in [0.5, 0.6) is 0 Å².